The Hall–Kier alpha value is -1.10. The third-order valence-electron chi connectivity index (χ3n) is 7.05. The molecule has 2 aliphatic carbocycles. The van der Waals surface area contributed by atoms with E-state index in [0.717, 1.165) is 12.8 Å². The number of piperazine rings is 1. The van der Waals surface area contributed by atoms with E-state index in [0.29, 0.717) is 57.4 Å². The van der Waals surface area contributed by atoms with Gasteiger partial charge in [0.1, 0.15) is 0 Å². The van der Waals surface area contributed by atoms with Gasteiger partial charge in [0.15, 0.2) is 0 Å². The summed E-state index contributed by atoms with van der Waals surface area (Å²) in [4.78, 5) is 29.3. The van der Waals surface area contributed by atoms with Gasteiger partial charge in [-0.3, -0.25) is 9.59 Å². The van der Waals surface area contributed by atoms with Crippen molar-refractivity contribution in [3.05, 3.63) is 0 Å². The largest absolute Gasteiger partial charge is 0.339 e. The van der Waals surface area contributed by atoms with E-state index in [9.17, 15) is 9.59 Å². The summed E-state index contributed by atoms with van der Waals surface area (Å²) in [7, 11) is 0. The molecule has 2 N–H and O–H groups in total. The van der Waals surface area contributed by atoms with Gasteiger partial charge in [-0.25, -0.2) is 0 Å². The summed E-state index contributed by atoms with van der Waals surface area (Å²) in [6.45, 7) is 3.41. The lowest BCUT2D eigenvalue weighted by molar-refractivity contribution is -0.141. The van der Waals surface area contributed by atoms with Crippen molar-refractivity contribution in [1.82, 2.24) is 9.80 Å². The average molecular weight is 364 g/mol. The fourth-order valence-corrected chi connectivity index (χ4v) is 5.16. The molecule has 5 nitrogen and oxygen atoms in total. The van der Waals surface area contributed by atoms with E-state index in [1.54, 1.807) is 0 Å². The predicted octanol–water partition coefficient (Wildman–Crippen LogP) is 2.93. The van der Waals surface area contributed by atoms with Gasteiger partial charge in [-0.05, 0) is 43.6 Å². The summed E-state index contributed by atoms with van der Waals surface area (Å²) in [6, 6.07) is 0. The van der Waals surface area contributed by atoms with Gasteiger partial charge < -0.3 is 15.5 Å². The van der Waals surface area contributed by atoms with E-state index < -0.39 is 0 Å². The van der Waals surface area contributed by atoms with Crippen LogP contribution in [0.2, 0.25) is 0 Å². The molecular formula is C21H37N3O2. The molecule has 0 unspecified atom stereocenters. The van der Waals surface area contributed by atoms with Crippen LogP contribution >= 0.6 is 0 Å². The van der Waals surface area contributed by atoms with Crippen LogP contribution in [-0.2, 0) is 9.59 Å². The Morgan fingerprint density at radius 3 is 1.92 bits per heavy atom. The SMILES string of the molecule is NCC1(CC(=O)N2CCN(C(=O)CC3CCCCC3)CC2)CCCCC1. The van der Waals surface area contributed by atoms with Gasteiger partial charge in [0.25, 0.3) is 0 Å². The Balaban J connectivity index is 1.43. The first-order valence-corrected chi connectivity index (χ1v) is 10.9. The van der Waals surface area contributed by atoms with E-state index in [1.807, 2.05) is 9.80 Å². The minimum atomic E-state index is 0.0310. The molecule has 0 atom stereocenters. The number of carbonyl (C=O) groups excluding carboxylic acids is 2. The highest BCUT2D eigenvalue weighted by Crippen LogP contribution is 2.38. The third-order valence-corrected chi connectivity index (χ3v) is 7.05. The standard InChI is InChI=1S/C21H37N3O2/c22-17-21(9-5-2-6-10-21)16-20(26)24-13-11-23(12-14-24)19(25)15-18-7-3-1-4-8-18/h18H,1-17,22H2. The van der Waals surface area contributed by atoms with E-state index in [4.69, 9.17) is 5.73 Å². The highest BCUT2D eigenvalue weighted by molar-refractivity contribution is 5.79. The second-order valence-corrected chi connectivity index (χ2v) is 8.91. The Morgan fingerprint density at radius 2 is 1.35 bits per heavy atom. The smallest absolute Gasteiger partial charge is 0.223 e. The van der Waals surface area contributed by atoms with Crippen LogP contribution in [0.15, 0.2) is 0 Å². The molecule has 3 fully saturated rings. The molecule has 0 aromatic carbocycles. The highest BCUT2D eigenvalue weighted by Gasteiger charge is 2.35. The van der Waals surface area contributed by atoms with Gasteiger partial charge >= 0.3 is 0 Å². The molecule has 1 saturated heterocycles. The van der Waals surface area contributed by atoms with Crippen LogP contribution in [0.25, 0.3) is 0 Å². The number of hydrogen-bond acceptors (Lipinski definition) is 3. The molecule has 26 heavy (non-hydrogen) atoms. The van der Waals surface area contributed by atoms with Gasteiger partial charge in [0.2, 0.25) is 11.8 Å². The third kappa shape index (κ3) is 4.99. The Bertz CT molecular complexity index is 474. The molecule has 5 heteroatoms. The molecule has 0 spiro atoms. The maximum atomic E-state index is 12.8. The lowest BCUT2D eigenvalue weighted by Crippen LogP contribution is -2.52. The van der Waals surface area contributed by atoms with Gasteiger partial charge in [0, 0.05) is 39.0 Å². The molecular weight excluding hydrogens is 326 g/mol. The highest BCUT2D eigenvalue weighted by atomic mass is 16.2. The molecule has 0 radical (unpaired) electrons. The molecule has 3 aliphatic rings. The summed E-state index contributed by atoms with van der Waals surface area (Å²) >= 11 is 0. The molecule has 2 amide bonds. The van der Waals surface area contributed by atoms with E-state index in [1.165, 1.54) is 51.4 Å². The van der Waals surface area contributed by atoms with Crippen LogP contribution in [-0.4, -0.2) is 54.3 Å². The van der Waals surface area contributed by atoms with Crippen LogP contribution in [0.3, 0.4) is 0 Å². The molecule has 1 heterocycles. The zero-order valence-electron chi connectivity index (χ0n) is 16.4. The summed E-state index contributed by atoms with van der Waals surface area (Å²) in [5.41, 5.74) is 6.07. The summed E-state index contributed by atoms with van der Waals surface area (Å²) in [5, 5.41) is 0. The van der Waals surface area contributed by atoms with E-state index >= 15 is 0 Å². The molecule has 0 aromatic rings. The van der Waals surface area contributed by atoms with Crippen molar-refractivity contribution in [3.8, 4) is 0 Å². The second-order valence-electron chi connectivity index (χ2n) is 8.91. The van der Waals surface area contributed by atoms with E-state index in [2.05, 4.69) is 0 Å². The molecule has 1 aliphatic heterocycles. The molecule has 3 rings (SSSR count). The zero-order valence-corrected chi connectivity index (χ0v) is 16.4. The van der Waals surface area contributed by atoms with Crippen molar-refractivity contribution in [2.24, 2.45) is 17.1 Å². The Labute approximate surface area is 158 Å². The van der Waals surface area contributed by atoms with Crippen LogP contribution in [0.1, 0.15) is 77.0 Å². The number of carbonyl (C=O) groups is 2. The van der Waals surface area contributed by atoms with Crippen molar-refractivity contribution < 1.29 is 9.59 Å². The van der Waals surface area contributed by atoms with Gasteiger partial charge in [-0.15, -0.1) is 0 Å². The Kier molecular flexibility index (Phi) is 6.96. The van der Waals surface area contributed by atoms with Crippen LogP contribution in [0, 0.1) is 11.3 Å². The average Bonchev–Trinajstić information content (AvgIpc) is 2.69. The van der Waals surface area contributed by atoms with Gasteiger partial charge in [-0.1, -0.05) is 38.5 Å². The summed E-state index contributed by atoms with van der Waals surface area (Å²) in [5.74, 6) is 1.14. The van der Waals surface area contributed by atoms with Gasteiger partial charge in [-0.2, -0.15) is 0 Å². The van der Waals surface area contributed by atoms with Crippen molar-refractivity contribution in [1.29, 1.82) is 0 Å². The Morgan fingerprint density at radius 1 is 0.808 bits per heavy atom. The monoisotopic (exact) mass is 363 g/mol. The summed E-state index contributed by atoms with van der Waals surface area (Å²) < 4.78 is 0. The minimum Gasteiger partial charge on any atom is -0.339 e. The van der Waals surface area contributed by atoms with Crippen molar-refractivity contribution in [3.63, 3.8) is 0 Å². The van der Waals surface area contributed by atoms with Gasteiger partial charge in [0.05, 0.1) is 0 Å². The molecule has 148 valence electrons. The first-order chi connectivity index (χ1) is 12.6. The summed E-state index contributed by atoms with van der Waals surface area (Å²) in [6.07, 6.45) is 13.5. The first-order valence-electron chi connectivity index (χ1n) is 10.9. The maximum Gasteiger partial charge on any atom is 0.223 e. The normalized spacial score (nSPS) is 24.5. The van der Waals surface area contributed by atoms with Crippen molar-refractivity contribution >= 4 is 11.8 Å². The number of rotatable bonds is 5. The first kappa shape index (κ1) is 19.7. The van der Waals surface area contributed by atoms with Crippen LogP contribution < -0.4 is 5.73 Å². The second kappa shape index (κ2) is 9.20. The van der Waals surface area contributed by atoms with E-state index in [-0.39, 0.29) is 11.3 Å². The zero-order chi connectivity index (χ0) is 18.4. The van der Waals surface area contributed by atoms with Crippen LogP contribution in [0.4, 0.5) is 0 Å². The lowest BCUT2D eigenvalue weighted by atomic mass is 9.71. The molecule has 0 bridgehead atoms. The predicted molar refractivity (Wildman–Crippen MR) is 104 cm³/mol. The van der Waals surface area contributed by atoms with Crippen LogP contribution in [0.5, 0.6) is 0 Å². The number of hydrogen-bond donors (Lipinski definition) is 1. The number of nitrogens with two attached hydrogens (primary N) is 1. The number of amides is 2. The topological polar surface area (TPSA) is 66.6 Å². The maximum absolute atomic E-state index is 12.8. The van der Waals surface area contributed by atoms with Crippen molar-refractivity contribution in [2.75, 3.05) is 32.7 Å². The lowest BCUT2D eigenvalue weighted by Gasteiger charge is -2.40. The quantitative estimate of drug-likeness (QED) is 0.817. The molecule has 2 saturated carbocycles. The number of nitrogens with zero attached hydrogens (tertiary/aromatic N) is 2. The molecule has 0 aromatic heterocycles. The minimum absolute atomic E-state index is 0.0310. The van der Waals surface area contributed by atoms with Crippen molar-refractivity contribution in [2.45, 2.75) is 77.0 Å². The fourth-order valence-electron chi connectivity index (χ4n) is 5.16. The fraction of sp³-hybridized carbons (Fsp3) is 0.905.